The summed E-state index contributed by atoms with van der Waals surface area (Å²) in [6.45, 7) is 0. The molecule has 17 aromatic rings. The highest BCUT2D eigenvalue weighted by Gasteiger charge is 2.46. The summed E-state index contributed by atoms with van der Waals surface area (Å²) in [4.78, 5) is 2.54. The van der Waals surface area contributed by atoms with E-state index in [0.717, 1.165) is 111 Å². The fourth-order valence-corrected chi connectivity index (χ4v) is 15.1. The van der Waals surface area contributed by atoms with Crippen molar-refractivity contribution in [3.8, 4) is 72.4 Å². The van der Waals surface area contributed by atoms with Gasteiger partial charge in [0.05, 0.1) is 22.1 Å². The van der Waals surface area contributed by atoms with E-state index in [0.29, 0.717) is 0 Å². The van der Waals surface area contributed by atoms with Crippen LogP contribution >= 0.6 is 0 Å². The number of fused-ring (bicyclic) bond motifs is 10. The molecule has 0 N–H and O–H groups in total. The third kappa shape index (κ3) is 8.58. The Morgan fingerprint density at radius 1 is 0.261 bits per heavy atom. The second-order valence-corrected chi connectivity index (χ2v) is 24.3. The second kappa shape index (κ2) is 21.6. The van der Waals surface area contributed by atoms with Gasteiger partial charge in [-0.1, -0.05) is 273 Å². The van der Waals surface area contributed by atoms with Gasteiger partial charge in [0.15, 0.2) is 0 Å². The molecule has 2 aromatic heterocycles. The maximum Gasteiger partial charge on any atom is 0.135 e. The molecule has 0 saturated carbocycles. The third-order valence-corrected chi connectivity index (χ3v) is 19.2. The minimum atomic E-state index is -0.607. The first-order chi connectivity index (χ1) is 45.6. The second-order valence-electron chi connectivity index (χ2n) is 24.3. The number of furan rings is 1. The van der Waals surface area contributed by atoms with E-state index >= 15 is 0 Å². The molecule has 0 unspecified atom stereocenters. The van der Waals surface area contributed by atoms with E-state index in [1.807, 2.05) is 0 Å². The summed E-state index contributed by atoms with van der Waals surface area (Å²) in [5.41, 5.74) is 26.1. The predicted octanol–water partition coefficient (Wildman–Crippen LogP) is 24.0. The topological polar surface area (TPSA) is 21.3 Å². The molecule has 0 bridgehead atoms. The van der Waals surface area contributed by atoms with Crippen molar-refractivity contribution >= 4 is 71.6 Å². The summed E-state index contributed by atoms with van der Waals surface area (Å²) >= 11 is 0. The number of anilines is 3. The van der Waals surface area contributed by atoms with E-state index in [1.54, 1.807) is 0 Å². The number of aromatic nitrogens is 1. The third-order valence-electron chi connectivity index (χ3n) is 19.2. The molecule has 0 amide bonds. The summed E-state index contributed by atoms with van der Waals surface area (Å²) in [7, 11) is 0. The molecule has 0 atom stereocenters. The van der Waals surface area contributed by atoms with Crippen molar-refractivity contribution in [1.29, 1.82) is 0 Å². The highest BCUT2D eigenvalue weighted by Crippen LogP contribution is 2.58. The molecule has 0 spiro atoms. The molecule has 0 saturated heterocycles. The zero-order valence-corrected chi connectivity index (χ0v) is 50.3. The average molecular weight is 1170 g/mol. The minimum absolute atomic E-state index is 0.607. The normalized spacial score (nSPS) is 12.4. The van der Waals surface area contributed by atoms with Gasteiger partial charge in [0, 0.05) is 49.7 Å². The molecular formula is C89H58N2O. The molecule has 1 aliphatic rings. The summed E-state index contributed by atoms with van der Waals surface area (Å²) in [6.07, 6.45) is 0. The lowest BCUT2D eigenvalue weighted by molar-refractivity contribution is 0.669. The van der Waals surface area contributed by atoms with Crippen LogP contribution < -0.4 is 4.90 Å². The van der Waals surface area contributed by atoms with Gasteiger partial charge in [-0.25, -0.2) is 0 Å². The molecule has 3 heteroatoms. The molecule has 2 heterocycles. The van der Waals surface area contributed by atoms with E-state index in [2.05, 4.69) is 361 Å². The number of rotatable bonds is 11. The Kier molecular flexibility index (Phi) is 12.5. The zero-order valence-electron chi connectivity index (χ0n) is 50.3. The van der Waals surface area contributed by atoms with Crippen molar-refractivity contribution in [3.63, 3.8) is 0 Å². The molecule has 92 heavy (non-hydrogen) atoms. The van der Waals surface area contributed by atoms with Crippen molar-refractivity contribution in [3.05, 3.63) is 374 Å². The molecule has 0 aliphatic heterocycles. The molecular weight excluding hydrogens is 1110 g/mol. The first kappa shape index (κ1) is 53.0. The van der Waals surface area contributed by atoms with E-state index in [4.69, 9.17) is 4.42 Å². The van der Waals surface area contributed by atoms with Gasteiger partial charge in [-0.15, -0.1) is 0 Å². The van der Waals surface area contributed by atoms with Gasteiger partial charge in [-0.3, -0.25) is 0 Å². The van der Waals surface area contributed by atoms with E-state index in [1.165, 1.54) is 54.9 Å². The quantitative estimate of drug-likeness (QED) is 0.129. The monoisotopic (exact) mass is 1170 g/mol. The fourth-order valence-electron chi connectivity index (χ4n) is 15.1. The van der Waals surface area contributed by atoms with Crippen molar-refractivity contribution in [2.75, 3.05) is 4.90 Å². The molecule has 3 nitrogen and oxygen atoms in total. The lowest BCUT2D eigenvalue weighted by atomic mass is 9.67. The van der Waals surface area contributed by atoms with Crippen molar-refractivity contribution in [2.45, 2.75) is 5.41 Å². The summed E-state index contributed by atoms with van der Waals surface area (Å²) in [6, 6.07) is 130. The maximum absolute atomic E-state index is 6.66. The highest BCUT2D eigenvalue weighted by molar-refractivity contribution is 6.13. The number of hydrogen-bond donors (Lipinski definition) is 0. The lowest BCUT2D eigenvalue weighted by Crippen LogP contribution is -2.28. The van der Waals surface area contributed by atoms with E-state index < -0.39 is 5.41 Å². The van der Waals surface area contributed by atoms with Crippen LogP contribution in [0.25, 0.3) is 127 Å². The van der Waals surface area contributed by atoms with Crippen LogP contribution in [-0.4, -0.2) is 4.57 Å². The summed E-state index contributed by atoms with van der Waals surface area (Å²) < 4.78 is 9.21. The van der Waals surface area contributed by atoms with Gasteiger partial charge in [-0.2, -0.15) is 0 Å². The van der Waals surface area contributed by atoms with Gasteiger partial charge < -0.3 is 13.9 Å². The zero-order chi connectivity index (χ0) is 60.7. The van der Waals surface area contributed by atoms with E-state index in [9.17, 15) is 0 Å². The van der Waals surface area contributed by atoms with Gasteiger partial charge in [0.25, 0.3) is 0 Å². The number of para-hydroxylation sites is 3. The number of hydrogen-bond acceptors (Lipinski definition) is 2. The minimum Gasteiger partial charge on any atom is -0.456 e. The molecule has 1 aliphatic carbocycles. The van der Waals surface area contributed by atoms with Crippen LogP contribution in [0.5, 0.6) is 0 Å². The van der Waals surface area contributed by atoms with Gasteiger partial charge in [0.1, 0.15) is 11.2 Å². The molecule has 0 radical (unpaired) electrons. The largest absolute Gasteiger partial charge is 0.456 e. The van der Waals surface area contributed by atoms with Gasteiger partial charge in [0.2, 0.25) is 0 Å². The first-order valence-electron chi connectivity index (χ1n) is 31.7. The Labute approximate surface area is 534 Å². The summed E-state index contributed by atoms with van der Waals surface area (Å²) in [5, 5.41) is 6.87. The molecule has 430 valence electrons. The van der Waals surface area contributed by atoms with Crippen LogP contribution in [0, 0.1) is 0 Å². The Morgan fingerprint density at radius 2 is 0.804 bits per heavy atom. The van der Waals surface area contributed by atoms with Crippen molar-refractivity contribution in [1.82, 2.24) is 4.57 Å². The standard InChI is InChI=1S/C89H58N2O/c1-5-24-59(25-6-1)63-30-21-32-66(51-63)74-41-23-42-75(67-33-22-31-64(52-67)60-26-7-2-8-27-60)88(74)90(71-48-49-87-81(56-71)78-40-17-20-45-86(78)92-87)72-53-68(65-47-46-61-28-13-14-29-62(61)50-65)54-73(55-72)91-84-44-19-16-39-77(84)80-57-79-76-38-15-18-43-82(76)89(83(79)58-85(80)91,69-34-9-3-10-35-69)70-36-11-4-12-37-70/h1-58H. The Balaban J connectivity index is 0.968. The SMILES string of the molecule is c1ccc(-c2cccc(-c3cccc(-c4cccc(-c5ccccc5)c4)c3N(c3cc(-c4ccc5ccccc5c4)cc(-n4c5ccccc5c5cc6c(cc54)C(c4ccccc4)(c4ccccc4)c4ccccc4-6)c3)c3ccc4oc5ccccc5c4c3)c2)cc1. The van der Waals surface area contributed by atoms with Crippen LogP contribution in [0.3, 0.4) is 0 Å². The average Bonchev–Trinajstić information content (AvgIpc) is 1.53. The van der Waals surface area contributed by atoms with Gasteiger partial charge in [-0.05, 0) is 168 Å². The van der Waals surface area contributed by atoms with Crippen molar-refractivity contribution < 1.29 is 4.42 Å². The Hall–Kier alpha value is -12.0. The summed E-state index contributed by atoms with van der Waals surface area (Å²) in [5.74, 6) is 0. The number of benzene rings is 15. The molecule has 18 rings (SSSR count). The van der Waals surface area contributed by atoms with Crippen LogP contribution in [0.4, 0.5) is 17.1 Å². The van der Waals surface area contributed by atoms with Crippen LogP contribution in [0.2, 0.25) is 0 Å². The van der Waals surface area contributed by atoms with Gasteiger partial charge >= 0.3 is 0 Å². The smallest absolute Gasteiger partial charge is 0.135 e. The van der Waals surface area contributed by atoms with E-state index in [-0.39, 0.29) is 0 Å². The van der Waals surface area contributed by atoms with Crippen molar-refractivity contribution in [2.24, 2.45) is 0 Å². The Bertz CT molecular complexity index is 5560. The fraction of sp³-hybridized carbons (Fsp3) is 0.0112. The molecule has 15 aromatic carbocycles. The Morgan fingerprint density at radius 3 is 1.51 bits per heavy atom. The molecule has 0 fully saturated rings. The van der Waals surface area contributed by atoms with Crippen LogP contribution in [0.1, 0.15) is 22.3 Å². The maximum atomic E-state index is 6.66. The predicted molar refractivity (Wildman–Crippen MR) is 385 cm³/mol. The van der Waals surface area contributed by atoms with Crippen LogP contribution in [0.15, 0.2) is 356 Å². The highest BCUT2D eigenvalue weighted by atomic mass is 16.3. The lowest BCUT2D eigenvalue weighted by Gasteiger charge is -2.34. The first-order valence-corrected chi connectivity index (χ1v) is 31.7. The van der Waals surface area contributed by atoms with Crippen LogP contribution in [-0.2, 0) is 5.41 Å². The number of nitrogens with zero attached hydrogens (tertiary/aromatic N) is 2.